The minimum absolute atomic E-state index is 0.0684. The molecule has 0 unspecified atom stereocenters. The zero-order chi connectivity index (χ0) is 22.6. The second-order valence-electron chi connectivity index (χ2n) is 8.21. The van der Waals surface area contributed by atoms with Gasteiger partial charge in [-0.15, -0.1) is 0 Å². The summed E-state index contributed by atoms with van der Waals surface area (Å²) < 4.78 is 18.5. The molecule has 33 heavy (non-hydrogen) atoms. The van der Waals surface area contributed by atoms with E-state index in [1.54, 1.807) is 25.3 Å². The molecule has 4 aromatic rings. The number of nitrogens with zero attached hydrogens (tertiary/aromatic N) is 5. The Hall–Kier alpha value is -3.72. The third-order valence-corrected chi connectivity index (χ3v) is 5.83. The number of para-hydroxylation sites is 1. The number of pyridine rings is 1. The fourth-order valence-corrected chi connectivity index (χ4v) is 4.07. The van der Waals surface area contributed by atoms with Gasteiger partial charge >= 0.3 is 0 Å². The molecule has 1 aliphatic rings. The number of aromatic nitrogens is 4. The van der Waals surface area contributed by atoms with Crippen LogP contribution in [0.2, 0.25) is 0 Å². The Labute approximate surface area is 190 Å². The normalized spacial score (nSPS) is 16.6. The number of hydrogen-bond donors (Lipinski definition) is 0. The molecule has 1 aliphatic heterocycles. The first kappa shape index (κ1) is 21.1. The number of carbonyl (C=O) groups excluding carboxylic acids is 1. The molecule has 1 fully saturated rings. The number of imidazole rings is 1. The second-order valence-corrected chi connectivity index (χ2v) is 8.21. The lowest BCUT2D eigenvalue weighted by Crippen LogP contribution is -2.36. The number of ether oxygens (including phenoxy) is 2. The molecule has 5 rings (SSSR count). The number of benzene rings is 1. The van der Waals surface area contributed by atoms with Crippen molar-refractivity contribution in [3.8, 4) is 5.75 Å². The summed E-state index contributed by atoms with van der Waals surface area (Å²) in [5.41, 5.74) is 3.90. The quantitative estimate of drug-likeness (QED) is 0.448. The van der Waals surface area contributed by atoms with Gasteiger partial charge in [-0.3, -0.25) is 4.79 Å². The van der Waals surface area contributed by atoms with Crippen LogP contribution < -0.4 is 4.74 Å². The van der Waals surface area contributed by atoms with Crippen LogP contribution in [-0.4, -0.2) is 56.8 Å². The predicted octanol–water partition coefficient (Wildman–Crippen LogP) is 2.94. The summed E-state index contributed by atoms with van der Waals surface area (Å²) in [6, 6.07) is 11.4. The fraction of sp³-hybridized carbons (Fsp3) is 0.333. The second kappa shape index (κ2) is 9.41. The number of hydrogen-bond acceptors (Lipinski definition) is 7. The molecular weight excluding hydrogens is 422 g/mol. The van der Waals surface area contributed by atoms with E-state index in [1.807, 2.05) is 33.7 Å². The Kier molecular flexibility index (Phi) is 6.03. The summed E-state index contributed by atoms with van der Waals surface area (Å²) in [7, 11) is 0. The molecule has 1 aromatic carbocycles. The molecule has 0 N–H and O–H groups in total. The van der Waals surface area contributed by atoms with Crippen LogP contribution in [0.4, 0.5) is 0 Å². The van der Waals surface area contributed by atoms with Crippen molar-refractivity contribution in [1.29, 1.82) is 0 Å². The summed E-state index contributed by atoms with van der Waals surface area (Å²) >= 11 is 0. The smallest absolute Gasteiger partial charge is 0.257 e. The lowest BCUT2D eigenvalue weighted by atomic mass is 10.0. The number of fused-ring (bicyclic) bond motifs is 1. The minimum Gasteiger partial charge on any atom is -0.486 e. The Morgan fingerprint density at radius 3 is 3.00 bits per heavy atom. The molecule has 0 radical (unpaired) electrons. The van der Waals surface area contributed by atoms with Crippen LogP contribution in [0.3, 0.4) is 0 Å². The predicted molar refractivity (Wildman–Crippen MR) is 119 cm³/mol. The largest absolute Gasteiger partial charge is 0.486 e. The van der Waals surface area contributed by atoms with Gasteiger partial charge in [-0.05, 0) is 37.1 Å². The Bertz CT molecular complexity index is 1250. The van der Waals surface area contributed by atoms with Gasteiger partial charge in [0.05, 0.1) is 18.8 Å². The van der Waals surface area contributed by atoms with E-state index in [0.717, 1.165) is 12.1 Å². The third kappa shape index (κ3) is 4.73. The van der Waals surface area contributed by atoms with E-state index in [0.29, 0.717) is 49.0 Å². The average molecular weight is 447 g/mol. The van der Waals surface area contributed by atoms with E-state index in [4.69, 9.17) is 14.1 Å². The first-order valence-corrected chi connectivity index (χ1v) is 11.0. The Morgan fingerprint density at radius 2 is 2.12 bits per heavy atom. The summed E-state index contributed by atoms with van der Waals surface area (Å²) in [6.07, 6.45) is 6.62. The van der Waals surface area contributed by atoms with Crippen LogP contribution in [0.15, 0.2) is 59.6 Å². The van der Waals surface area contributed by atoms with Gasteiger partial charge in [0.2, 0.25) is 0 Å². The molecule has 1 atom stereocenters. The molecule has 9 heteroatoms. The van der Waals surface area contributed by atoms with Gasteiger partial charge in [-0.1, -0.05) is 28.5 Å². The summed E-state index contributed by atoms with van der Waals surface area (Å²) in [5, 5.41) is 7.61. The summed E-state index contributed by atoms with van der Waals surface area (Å²) in [4.78, 5) is 19.6. The molecule has 0 spiro atoms. The highest BCUT2D eigenvalue weighted by Crippen LogP contribution is 2.23. The highest BCUT2D eigenvalue weighted by atomic mass is 16.6. The van der Waals surface area contributed by atoms with Gasteiger partial charge in [0, 0.05) is 37.6 Å². The van der Waals surface area contributed by atoms with Crippen LogP contribution in [0.1, 0.15) is 27.3 Å². The van der Waals surface area contributed by atoms with Crippen LogP contribution in [0.25, 0.3) is 5.65 Å². The van der Waals surface area contributed by atoms with Crippen LogP contribution in [-0.2, 0) is 17.8 Å². The molecule has 0 aliphatic carbocycles. The monoisotopic (exact) mass is 447 g/mol. The van der Waals surface area contributed by atoms with Crippen molar-refractivity contribution in [3.63, 3.8) is 0 Å². The lowest BCUT2D eigenvalue weighted by molar-refractivity contribution is 0.0732. The minimum atomic E-state index is -0.0684. The van der Waals surface area contributed by atoms with Gasteiger partial charge in [0.1, 0.15) is 29.4 Å². The SMILES string of the molecule is Cc1nonc1COc1ccccc1C(=O)N1CCOC[C@H](Cc2ccc3nccn3c2)C1. The Balaban J connectivity index is 1.29. The first-order chi connectivity index (χ1) is 16.2. The topological polar surface area (TPSA) is 95.0 Å². The van der Waals surface area contributed by atoms with Crippen molar-refractivity contribution >= 4 is 11.6 Å². The molecule has 9 nitrogen and oxygen atoms in total. The van der Waals surface area contributed by atoms with Gasteiger partial charge < -0.3 is 18.8 Å². The highest BCUT2D eigenvalue weighted by Gasteiger charge is 2.26. The number of amides is 1. The van der Waals surface area contributed by atoms with E-state index in [1.165, 1.54) is 5.56 Å². The van der Waals surface area contributed by atoms with Crippen molar-refractivity contribution < 1.29 is 18.9 Å². The van der Waals surface area contributed by atoms with E-state index in [9.17, 15) is 4.79 Å². The summed E-state index contributed by atoms with van der Waals surface area (Å²) in [5.74, 6) is 0.632. The highest BCUT2D eigenvalue weighted by molar-refractivity contribution is 5.97. The maximum Gasteiger partial charge on any atom is 0.257 e. The van der Waals surface area contributed by atoms with Gasteiger partial charge in [-0.2, -0.15) is 0 Å². The van der Waals surface area contributed by atoms with Gasteiger partial charge in [0.25, 0.3) is 5.91 Å². The standard InChI is InChI=1S/C24H25N5O4/c1-17-21(27-33-26-17)16-32-22-5-3-2-4-20(22)24(30)29-10-11-31-15-19(14-29)12-18-6-7-23-25-8-9-28(23)13-18/h2-9,13,19H,10-12,14-16H2,1H3/t19-/m1/s1. The van der Waals surface area contributed by atoms with Crippen molar-refractivity contribution in [1.82, 2.24) is 24.6 Å². The lowest BCUT2D eigenvalue weighted by Gasteiger charge is -2.24. The van der Waals surface area contributed by atoms with E-state index >= 15 is 0 Å². The molecule has 1 saturated heterocycles. The Morgan fingerprint density at radius 1 is 1.21 bits per heavy atom. The third-order valence-electron chi connectivity index (χ3n) is 5.83. The molecule has 1 amide bonds. The van der Waals surface area contributed by atoms with Crippen LogP contribution in [0.5, 0.6) is 5.75 Å². The molecule has 170 valence electrons. The van der Waals surface area contributed by atoms with Gasteiger partial charge in [0.15, 0.2) is 0 Å². The fourth-order valence-electron chi connectivity index (χ4n) is 4.07. The number of carbonyl (C=O) groups is 1. The zero-order valence-electron chi connectivity index (χ0n) is 18.4. The van der Waals surface area contributed by atoms with E-state index in [-0.39, 0.29) is 18.4 Å². The number of aryl methyl sites for hydroxylation is 1. The van der Waals surface area contributed by atoms with Crippen molar-refractivity contribution in [2.75, 3.05) is 26.3 Å². The van der Waals surface area contributed by atoms with Crippen molar-refractivity contribution in [3.05, 3.63) is 77.5 Å². The van der Waals surface area contributed by atoms with E-state index < -0.39 is 0 Å². The molecule has 0 bridgehead atoms. The number of rotatable bonds is 6. The maximum absolute atomic E-state index is 13.5. The average Bonchev–Trinajstić information content (AvgIpc) is 3.40. The van der Waals surface area contributed by atoms with Crippen molar-refractivity contribution in [2.24, 2.45) is 5.92 Å². The van der Waals surface area contributed by atoms with Gasteiger partial charge in [-0.25, -0.2) is 9.61 Å². The summed E-state index contributed by atoms with van der Waals surface area (Å²) in [6.45, 7) is 4.26. The molecular formula is C24H25N5O4. The van der Waals surface area contributed by atoms with Crippen molar-refractivity contribution in [2.45, 2.75) is 20.0 Å². The zero-order valence-corrected chi connectivity index (χ0v) is 18.4. The van der Waals surface area contributed by atoms with Crippen LogP contribution >= 0.6 is 0 Å². The molecule has 4 heterocycles. The van der Waals surface area contributed by atoms with Crippen LogP contribution in [0, 0.1) is 12.8 Å². The maximum atomic E-state index is 13.5. The molecule has 3 aromatic heterocycles. The molecule has 0 saturated carbocycles. The first-order valence-electron chi connectivity index (χ1n) is 11.0. The van der Waals surface area contributed by atoms with E-state index in [2.05, 4.69) is 27.6 Å².